The van der Waals surface area contributed by atoms with Gasteiger partial charge in [0.1, 0.15) is 0 Å². The van der Waals surface area contributed by atoms with Gasteiger partial charge in [0.2, 0.25) is 0 Å². The van der Waals surface area contributed by atoms with Gasteiger partial charge in [0, 0.05) is 11.6 Å². The molecular formula is C17H22N2. The summed E-state index contributed by atoms with van der Waals surface area (Å²) in [6.07, 6.45) is 5.27. The summed E-state index contributed by atoms with van der Waals surface area (Å²) in [4.78, 5) is 4.44. The number of benzene rings is 1. The highest BCUT2D eigenvalue weighted by Gasteiger charge is 2.11. The van der Waals surface area contributed by atoms with Crippen molar-refractivity contribution in [3.05, 3.63) is 53.7 Å². The molecule has 0 saturated heterocycles. The molecule has 1 N–H and O–H groups in total. The summed E-state index contributed by atoms with van der Waals surface area (Å²) in [5.41, 5.74) is 3.69. The van der Waals surface area contributed by atoms with Crippen LogP contribution in [0.1, 0.15) is 38.8 Å². The molecule has 1 heterocycles. The number of fused-ring (bicyclic) bond motifs is 1. The van der Waals surface area contributed by atoms with E-state index in [4.69, 9.17) is 0 Å². The second-order valence-corrected chi connectivity index (χ2v) is 5.09. The van der Waals surface area contributed by atoms with Crippen LogP contribution in [-0.4, -0.2) is 11.5 Å². The lowest BCUT2D eigenvalue weighted by atomic mass is 9.99. The van der Waals surface area contributed by atoms with Gasteiger partial charge in [-0.3, -0.25) is 4.98 Å². The van der Waals surface area contributed by atoms with E-state index >= 15 is 0 Å². The Hall–Kier alpha value is -1.67. The monoisotopic (exact) mass is 254 g/mol. The lowest BCUT2D eigenvalue weighted by Crippen LogP contribution is -2.21. The zero-order valence-electron chi connectivity index (χ0n) is 12.0. The third kappa shape index (κ3) is 3.42. The van der Waals surface area contributed by atoms with Gasteiger partial charge in [0.05, 0.1) is 11.6 Å². The largest absolute Gasteiger partial charge is 0.307 e. The average Bonchev–Trinajstić information content (AvgIpc) is 2.42. The summed E-state index contributed by atoms with van der Waals surface area (Å²) in [6, 6.07) is 10.8. The maximum absolute atomic E-state index is 4.44. The van der Waals surface area contributed by atoms with Crippen LogP contribution in [0.25, 0.3) is 10.9 Å². The molecular weight excluding hydrogens is 232 g/mol. The Balaban J connectivity index is 2.46. The van der Waals surface area contributed by atoms with E-state index < -0.39 is 0 Å². The summed E-state index contributed by atoms with van der Waals surface area (Å²) >= 11 is 0. The topological polar surface area (TPSA) is 24.9 Å². The van der Waals surface area contributed by atoms with Crippen LogP contribution in [-0.2, 0) is 0 Å². The highest BCUT2D eigenvalue weighted by molar-refractivity contribution is 5.82. The molecule has 0 aliphatic heterocycles. The Morgan fingerprint density at radius 2 is 2.11 bits per heavy atom. The van der Waals surface area contributed by atoms with Gasteiger partial charge in [-0.2, -0.15) is 0 Å². The molecule has 0 aliphatic carbocycles. The number of rotatable bonds is 5. The van der Waals surface area contributed by atoms with Crippen molar-refractivity contribution >= 4 is 10.9 Å². The van der Waals surface area contributed by atoms with Gasteiger partial charge in [-0.15, -0.1) is 0 Å². The fraction of sp³-hybridized carbons (Fsp3) is 0.353. The number of nitrogens with one attached hydrogen (secondary N) is 1. The summed E-state index contributed by atoms with van der Waals surface area (Å²) in [5, 5.41) is 4.84. The van der Waals surface area contributed by atoms with Gasteiger partial charge < -0.3 is 5.32 Å². The summed E-state index contributed by atoms with van der Waals surface area (Å²) in [7, 11) is 0. The van der Waals surface area contributed by atoms with Crippen LogP contribution in [0.3, 0.4) is 0 Å². The molecule has 19 heavy (non-hydrogen) atoms. The predicted octanol–water partition coefficient (Wildman–Crippen LogP) is 4.24. The molecule has 2 nitrogen and oxygen atoms in total. The van der Waals surface area contributed by atoms with Gasteiger partial charge in [-0.25, -0.2) is 0 Å². The Bertz CT molecular complexity index is 563. The first-order chi connectivity index (χ1) is 9.22. The summed E-state index contributed by atoms with van der Waals surface area (Å²) in [6.45, 7) is 7.50. The van der Waals surface area contributed by atoms with Crippen molar-refractivity contribution in [2.45, 2.75) is 33.2 Å². The van der Waals surface area contributed by atoms with Gasteiger partial charge >= 0.3 is 0 Å². The molecule has 0 bridgehead atoms. The standard InChI is InChI=1S/C17H22N2/c1-4-10-18-17(12-13(2)3)15-7-5-9-16-14(15)8-6-11-19-16/h5-9,11-12,17-18H,4,10H2,1-3H3. The average molecular weight is 254 g/mol. The molecule has 100 valence electrons. The Labute approximate surface area is 115 Å². The van der Waals surface area contributed by atoms with E-state index in [2.05, 4.69) is 61.4 Å². The summed E-state index contributed by atoms with van der Waals surface area (Å²) < 4.78 is 0. The van der Waals surface area contributed by atoms with E-state index in [9.17, 15) is 0 Å². The van der Waals surface area contributed by atoms with Crippen molar-refractivity contribution in [3.63, 3.8) is 0 Å². The lowest BCUT2D eigenvalue weighted by molar-refractivity contribution is 0.613. The van der Waals surface area contributed by atoms with E-state index in [0.29, 0.717) is 0 Å². The molecule has 0 amide bonds. The fourth-order valence-corrected chi connectivity index (χ4v) is 2.29. The molecule has 0 radical (unpaired) electrons. The molecule has 0 spiro atoms. The van der Waals surface area contributed by atoms with Gasteiger partial charge in [-0.1, -0.05) is 36.8 Å². The van der Waals surface area contributed by atoms with Crippen LogP contribution in [0.4, 0.5) is 0 Å². The first-order valence-corrected chi connectivity index (χ1v) is 6.94. The molecule has 2 heteroatoms. The van der Waals surface area contributed by atoms with E-state index in [1.54, 1.807) is 0 Å². The lowest BCUT2D eigenvalue weighted by Gasteiger charge is -2.18. The van der Waals surface area contributed by atoms with E-state index in [1.165, 1.54) is 16.5 Å². The fourth-order valence-electron chi connectivity index (χ4n) is 2.29. The highest BCUT2D eigenvalue weighted by Crippen LogP contribution is 2.24. The van der Waals surface area contributed by atoms with Crippen LogP contribution in [0.2, 0.25) is 0 Å². The zero-order chi connectivity index (χ0) is 13.7. The molecule has 0 aliphatic rings. The number of aromatic nitrogens is 1. The quantitative estimate of drug-likeness (QED) is 0.807. The first-order valence-electron chi connectivity index (χ1n) is 6.94. The predicted molar refractivity (Wildman–Crippen MR) is 82.2 cm³/mol. The van der Waals surface area contributed by atoms with Crippen LogP contribution in [0.15, 0.2) is 48.2 Å². The maximum atomic E-state index is 4.44. The second-order valence-electron chi connectivity index (χ2n) is 5.09. The Morgan fingerprint density at radius 3 is 2.84 bits per heavy atom. The highest BCUT2D eigenvalue weighted by atomic mass is 14.9. The normalized spacial score (nSPS) is 12.4. The van der Waals surface area contributed by atoms with Crippen LogP contribution in [0, 0.1) is 0 Å². The Kier molecular flexibility index (Phi) is 4.69. The Morgan fingerprint density at radius 1 is 1.26 bits per heavy atom. The molecule has 1 aromatic heterocycles. The molecule has 2 aromatic rings. The van der Waals surface area contributed by atoms with Crippen molar-refractivity contribution < 1.29 is 0 Å². The van der Waals surface area contributed by atoms with Gasteiger partial charge in [-0.05, 0) is 44.5 Å². The number of hydrogen-bond donors (Lipinski definition) is 1. The number of hydrogen-bond acceptors (Lipinski definition) is 2. The molecule has 0 fully saturated rings. The van der Waals surface area contributed by atoms with Crippen molar-refractivity contribution in [2.24, 2.45) is 0 Å². The van der Waals surface area contributed by atoms with Crippen LogP contribution < -0.4 is 5.32 Å². The van der Waals surface area contributed by atoms with E-state index in [1.807, 2.05) is 12.3 Å². The smallest absolute Gasteiger partial charge is 0.0705 e. The van der Waals surface area contributed by atoms with Gasteiger partial charge in [0.15, 0.2) is 0 Å². The van der Waals surface area contributed by atoms with E-state index in [-0.39, 0.29) is 6.04 Å². The second kappa shape index (κ2) is 6.48. The van der Waals surface area contributed by atoms with Crippen molar-refractivity contribution in [1.82, 2.24) is 10.3 Å². The van der Waals surface area contributed by atoms with Gasteiger partial charge in [0.25, 0.3) is 0 Å². The molecule has 1 unspecified atom stereocenters. The molecule has 2 rings (SSSR count). The maximum Gasteiger partial charge on any atom is 0.0705 e. The van der Waals surface area contributed by atoms with Crippen LogP contribution in [0.5, 0.6) is 0 Å². The number of pyridine rings is 1. The third-order valence-corrected chi connectivity index (χ3v) is 3.13. The SMILES string of the molecule is CCCNC(C=C(C)C)c1cccc2ncccc12. The molecule has 1 atom stereocenters. The first kappa shape index (κ1) is 13.8. The number of allylic oxidation sites excluding steroid dienone is 1. The number of nitrogens with zero attached hydrogens (tertiary/aromatic N) is 1. The van der Waals surface area contributed by atoms with Crippen LogP contribution >= 0.6 is 0 Å². The zero-order valence-corrected chi connectivity index (χ0v) is 12.0. The van der Waals surface area contributed by atoms with E-state index in [0.717, 1.165) is 18.5 Å². The minimum atomic E-state index is 0.262. The summed E-state index contributed by atoms with van der Waals surface area (Å²) in [5.74, 6) is 0. The molecule has 0 saturated carbocycles. The van der Waals surface area contributed by atoms with Crippen molar-refractivity contribution in [3.8, 4) is 0 Å². The van der Waals surface area contributed by atoms with Crippen molar-refractivity contribution in [1.29, 1.82) is 0 Å². The minimum Gasteiger partial charge on any atom is -0.307 e. The van der Waals surface area contributed by atoms with Crippen molar-refractivity contribution in [2.75, 3.05) is 6.54 Å². The third-order valence-electron chi connectivity index (χ3n) is 3.13. The molecule has 1 aromatic carbocycles. The minimum absolute atomic E-state index is 0.262.